The van der Waals surface area contributed by atoms with Crippen molar-refractivity contribution in [2.45, 2.75) is 104 Å². The van der Waals surface area contributed by atoms with Gasteiger partial charge in [0.1, 0.15) is 5.78 Å². The number of ketones is 1. The standard InChI is InChI=1S/C22H40O/c1-4-6-7-8-9-10-11-12-13-14-15-16-17-18-19-20-22(23)21(3)5-2/h10-13,21H,4-9,14-20H2,1-3H3/b11-10+,13-12-. The topological polar surface area (TPSA) is 17.1 Å². The van der Waals surface area contributed by atoms with Gasteiger partial charge in [0, 0.05) is 12.3 Å². The second-order valence-electron chi connectivity index (χ2n) is 6.79. The van der Waals surface area contributed by atoms with Gasteiger partial charge in [-0.3, -0.25) is 4.79 Å². The molecule has 0 saturated heterocycles. The predicted molar refractivity (Wildman–Crippen MR) is 104 cm³/mol. The van der Waals surface area contributed by atoms with Crippen molar-refractivity contribution in [3.8, 4) is 0 Å². The molecule has 134 valence electrons. The fraction of sp³-hybridized carbons (Fsp3) is 0.773. The Morgan fingerprint density at radius 3 is 1.87 bits per heavy atom. The Morgan fingerprint density at radius 1 is 0.783 bits per heavy atom. The van der Waals surface area contributed by atoms with E-state index >= 15 is 0 Å². The van der Waals surface area contributed by atoms with Crippen molar-refractivity contribution in [1.82, 2.24) is 0 Å². The first kappa shape index (κ1) is 22.1. The average molecular weight is 321 g/mol. The molecule has 0 amide bonds. The second kappa shape index (κ2) is 17.5. The van der Waals surface area contributed by atoms with Crippen LogP contribution in [0.1, 0.15) is 104 Å². The highest BCUT2D eigenvalue weighted by Gasteiger charge is 2.09. The summed E-state index contributed by atoms with van der Waals surface area (Å²) in [6.45, 7) is 6.40. The molecule has 23 heavy (non-hydrogen) atoms. The second-order valence-corrected chi connectivity index (χ2v) is 6.79. The fourth-order valence-electron chi connectivity index (χ4n) is 2.60. The van der Waals surface area contributed by atoms with E-state index in [0.717, 1.165) is 19.3 Å². The van der Waals surface area contributed by atoms with Gasteiger partial charge in [0.15, 0.2) is 0 Å². The van der Waals surface area contributed by atoms with Crippen LogP contribution in [-0.2, 0) is 4.79 Å². The van der Waals surface area contributed by atoms with Crippen LogP contribution in [0.2, 0.25) is 0 Å². The third-order valence-corrected chi connectivity index (χ3v) is 4.56. The lowest BCUT2D eigenvalue weighted by atomic mass is 9.98. The van der Waals surface area contributed by atoms with Gasteiger partial charge in [0.05, 0.1) is 0 Å². The smallest absolute Gasteiger partial charge is 0.135 e. The molecule has 1 atom stereocenters. The van der Waals surface area contributed by atoms with Gasteiger partial charge in [0.25, 0.3) is 0 Å². The van der Waals surface area contributed by atoms with Gasteiger partial charge >= 0.3 is 0 Å². The van der Waals surface area contributed by atoms with E-state index < -0.39 is 0 Å². The van der Waals surface area contributed by atoms with Gasteiger partial charge in [-0.15, -0.1) is 0 Å². The average Bonchev–Trinajstić information content (AvgIpc) is 2.57. The number of hydrogen-bond donors (Lipinski definition) is 0. The monoisotopic (exact) mass is 320 g/mol. The van der Waals surface area contributed by atoms with E-state index in [1.165, 1.54) is 64.2 Å². The first-order valence-electron chi connectivity index (χ1n) is 10.1. The van der Waals surface area contributed by atoms with Crippen molar-refractivity contribution in [3.05, 3.63) is 24.3 Å². The molecule has 0 aromatic carbocycles. The van der Waals surface area contributed by atoms with Crippen molar-refractivity contribution in [3.63, 3.8) is 0 Å². The lowest BCUT2D eigenvalue weighted by molar-refractivity contribution is -0.122. The summed E-state index contributed by atoms with van der Waals surface area (Å²) in [5, 5.41) is 0. The van der Waals surface area contributed by atoms with Crippen molar-refractivity contribution in [1.29, 1.82) is 0 Å². The number of Topliss-reactive ketones (excluding diaryl/α,β-unsaturated/α-hetero) is 1. The Bertz CT molecular complexity index is 314. The maximum Gasteiger partial charge on any atom is 0.135 e. The van der Waals surface area contributed by atoms with E-state index in [4.69, 9.17) is 0 Å². The SMILES string of the molecule is CCCCCC/C=C/C=C\CCCCCCCC(=O)C(C)CC. The van der Waals surface area contributed by atoms with E-state index in [0.29, 0.717) is 5.78 Å². The highest BCUT2D eigenvalue weighted by molar-refractivity contribution is 5.80. The van der Waals surface area contributed by atoms with Crippen LogP contribution in [0.25, 0.3) is 0 Å². The van der Waals surface area contributed by atoms with E-state index in [1.54, 1.807) is 0 Å². The lowest BCUT2D eigenvalue weighted by Gasteiger charge is -2.06. The molecular weight excluding hydrogens is 280 g/mol. The number of unbranched alkanes of at least 4 members (excludes halogenated alkanes) is 9. The molecule has 0 aromatic heterocycles. The van der Waals surface area contributed by atoms with Gasteiger partial charge in [0.2, 0.25) is 0 Å². The molecule has 1 heteroatoms. The Kier molecular flexibility index (Phi) is 16.9. The van der Waals surface area contributed by atoms with Gasteiger partial charge < -0.3 is 0 Å². The first-order chi connectivity index (χ1) is 11.2. The van der Waals surface area contributed by atoms with Crippen LogP contribution < -0.4 is 0 Å². The highest BCUT2D eigenvalue weighted by Crippen LogP contribution is 2.12. The van der Waals surface area contributed by atoms with Gasteiger partial charge in [-0.1, -0.05) is 83.6 Å². The first-order valence-corrected chi connectivity index (χ1v) is 10.1. The molecule has 0 radical (unpaired) electrons. The molecule has 0 aliphatic heterocycles. The van der Waals surface area contributed by atoms with Crippen LogP contribution in [0, 0.1) is 5.92 Å². The fourth-order valence-corrected chi connectivity index (χ4v) is 2.60. The maximum atomic E-state index is 11.7. The molecule has 1 nitrogen and oxygen atoms in total. The summed E-state index contributed by atoms with van der Waals surface area (Å²) in [6.07, 6.45) is 24.7. The minimum atomic E-state index is 0.264. The zero-order chi connectivity index (χ0) is 17.2. The van der Waals surface area contributed by atoms with Gasteiger partial charge in [-0.05, 0) is 38.5 Å². The summed E-state index contributed by atoms with van der Waals surface area (Å²) < 4.78 is 0. The maximum absolute atomic E-state index is 11.7. The Morgan fingerprint density at radius 2 is 1.30 bits per heavy atom. The van der Waals surface area contributed by atoms with Crippen molar-refractivity contribution in [2.75, 3.05) is 0 Å². The molecular formula is C22H40O. The van der Waals surface area contributed by atoms with E-state index in [-0.39, 0.29) is 5.92 Å². The third-order valence-electron chi connectivity index (χ3n) is 4.56. The molecule has 0 aliphatic rings. The molecule has 0 aromatic rings. The van der Waals surface area contributed by atoms with Crippen LogP contribution in [0.4, 0.5) is 0 Å². The van der Waals surface area contributed by atoms with Crippen LogP contribution in [0.3, 0.4) is 0 Å². The molecule has 1 unspecified atom stereocenters. The molecule has 0 bridgehead atoms. The van der Waals surface area contributed by atoms with Crippen molar-refractivity contribution < 1.29 is 4.79 Å². The number of carbonyl (C=O) groups is 1. The third kappa shape index (κ3) is 15.8. The summed E-state index contributed by atoms with van der Waals surface area (Å²) in [7, 11) is 0. The highest BCUT2D eigenvalue weighted by atomic mass is 16.1. The van der Waals surface area contributed by atoms with Crippen LogP contribution in [0.5, 0.6) is 0 Å². The van der Waals surface area contributed by atoms with E-state index in [2.05, 4.69) is 38.2 Å². The lowest BCUT2D eigenvalue weighted by Crippen LogP contribution is -2.09. The van der Waals surface area contributed by atoms with Crippen LogP contribution in [-0.4, -0.2) is 5.78 Å². The molecule has 0 rings (SSSR count). The zero-order valence-corrected chi connectivity index (χ0v) is 16.0. The van der Waals surface area contributed by atoms with Gasteiger partial charge in [-0.2, -0.15) is 0 Å². The van der Waals surface area contributed by atoms with Crippen molar-refractivity contribution >= 4 is 5.78 Å². The summed E-state index contributed by atoms with van der Waals surface area (Å²) in [4.78, 5) is 11.7. The normalized spacial score (nSPS) is 13.2. The van der Waals surface area contributed by atoms with Gasteiger partial charge in [-0.25, -0.2) is 0 Å². The van der Waals surface area contributed by atoms with Crippen LogP contribution >= 0.6 is 0 Å². The predicted octanol–water partition coefficient (Wildman–Crippen LogP) is 7.42. The van der Waals surface area contributed by atoms with E-state index in [1.807, 2.05) is 6.92 Å². The molecule has 0 spiro atoms. The quantitative estimate of drug-likeness (QED) is 0.214. The molecule has 0 fully saturated rings. The number of carbonyl (C=O) groups excluding carboxylic acids is 1. The Hall–Kier alpha value is -0.850. The molecule has 0 heterocycles. The zero-order valence-electron chi connectivity index (χ0n) is 16.0. The van der Waals surface area contributed by atoms with E-state index in [9.17, 15) is 4.79 Å². The molecule has 0 saturated carbocycles. The minimum absolute atomic E-state index is 0.264. The summed E-state index contributed by atoms with van der Waals surface area (Å²) in [5.41, 5.74) is 0. The Balaban J connectivity index is 3.31. The molecule has 0 aliphatic carbocycles. The summed E-state index contributed by atoms with van der Waals surface area (Å²) in [5.74, 6) is 0.719. The minimum Gasteiger partial charge on any atom is -0.299 e. The largest absolute Gasteiger partial charge is 0.299 e. The summed E-state index contributed by atoms with van der Waals surface area (Å²) >= 11 is 0. The van der Waals surface area contributed by atoms with Crippen LogP contribution in [0.15, 0.2) is 24.3 Å². The van der Waals surface area contributed by atoms with Crippen molar-refractivity contribution in [2.24, 2.45) is 5.92 Å². The number of allylic oxidation sites excluding steroid dienone is 4. The number of hydrogen-bond acceptors (Lipinski definition) is 1. The Labute approximate surface area is 145 Å². The summed E-state index contributed by atoms with van der Waals surface area (Å²) in [6, 6.07) is 0. The number of rotatable bonds is 16. The molecule has 0 N–H and O–H groups in total.